The van der Waals surface area contributed by atoms with E-state index in [1.54, 1.807) is 5.19 Å². The summed E-state index contributed by atoms with van der Waals surface area (Å²) in [5, 5.41) is 1.95. The van der Waals surface area contributed by atoms with Gasteiger partial charge in [-0.3, -0.25) is 0 Å². The van der Waals surface area contributed by atoms with Crippen LogP contribution < -0.4 is 5.19 Å². The number of rotatable bonds is 6. The molecule has 0 aliphatic heterocycles. The first kappa shape index (κ1) is 14.8. The molecule has 0 fully saturated rings. The predicted octanol–water partition coefficient (Wildman–Crippen LogP) is 3.22. The van der Waals surface area contributed by atoms with Crippen molar-refractivity contribution in [3.05, 3.63) is 29.3 Å². The van der Waals surface area contributed by atoms with E-state index < -0.39 is 0 Å². The lowest BCUT2D eigenvalue weighted by Gasteiger charge is -2.13. The van der Waals surface area contributed by atoms with Crippen LogP contribution in [0.25, 0.3) is 0 Å². The molecule has 0 N–H and O–H groups in total. The lowest BCUT2D eigenvalue weighted by Crippen LogP contribution is -2.26. The number of halogens is 1. The van der Waals surface area contributed by atoms with Crippen LogP contribution in [-0.2, 0) is 12.8 Å². The molecule has 0 saturated heterocycles. The standard InChI is InChI=1S/C15H25ClSi/c1-5-12-8-13(6-2)10-14(9-12)17-15(16)7-11(3)4/h8-11,15H,5-7,17H2,1-4H3. The number of alkyl halides is 1. The summed E-state index contributed by atoms with van der Waals surface area (Å²) in [6, 6.07) is 7.09. The second kappa shape index (κ2) is 7.23. The van der Waals surface area contributed by atoms with Crippen molar-refractivity contribution in [2.45, 2.75) is 52.0 Å². The molecule has 0 heterocycles. The minimum Gasteiger partial charge on any atom is -0.127 e. The van der Waals surface area contributed by atoms with Gasteiger partial charge in [-0.1, -0.05) is 51.1 Å². The maximum Gasteiger partial charge on any atom is 0.0753 e. The van der Waals surface area contributed by atoms with Crippen molar-refractivity contribution in [2.24, 2.45) is 5.92 Å². The van der Waals surface area contributed by atoms with Gasteiger partial charge in [0, 0.05) is 5.00 Å². The lowest BCUT2D eigenvalue weighted by molar-refractivity contribution is 0.613. The molecule has 0 nitrogen and oxygen atoms in total. The first-order chi connectivity index (χ1) is 8.05. The van der Waals surface area contributed by atoms with Crippen molar-refractivity contribution < 1.29 is 0 Å². The zero-order chi connectivity index (χ0) is 12.8. The Morgan fingerprint density at radius 1 is 1.06 bits per heavy atom. The van der Waals surface area contributed by atoms with E-state index in [1.807, 2.05) is 0 Å². The summed E-state index contributed by atoms with van der Waals surface area (Å²) in [5.74, 6) is 0.713. The third-order valence-electron chi connectivity index (χ3n) is 3.11. The van der Waals surface area contributed by atoms with Gasteiger partial charge in [-0.05, 0) is 36.3 Å². The van der Waals surface area contributed by atoms with Gasteiger partial charge in [-0.25, -0.2) is 0 Å². The Hall–Kier alpha value is -0.273. The van der Waals surface area contributed by atoms with E-state index >= 15 is 0 Å². The molecule has 2 heteroatoms. The molecule has 17 heavy (non-hydrogen) atoms. The average Bonchev–Trinajstić information content (AvgIpc) is 2.27. The SMILES string of the molecule is CCc1cc(CC)cc([SiH2]C(Cl)CC(C)C)c1. The van der Waals surface area contributed by atoms with Crippen LogP contribution in [0.4, 0.5) is 0 Å². The van der Waals surface area contributed by atoms with Crippen LogP contribution in [-0.4, -0.2) is 14.5 Å². The van der Waals surface area contributed by atoms with Crippen molar-refractivity contribution >= 4 is 26.3 Å². The zero-order valence-electron chi connectivity index (χ0n) is 11.6. The Morgan fingerprint density at radius 2 is 1.59 bits per heavy atom. The molecule has 1 rings (SSSR count). The molecule has 0 aliphatic carbocycles. The summed E-state index contributed by atoms with van der Waals surface area (Å²) >= 11 is 6.46. The fraction of sp³-hybridized carbons (Fsp3) is 0.600. The first-order valence-corrected chi connectivity index (χ1v) is 8.76. The lowest BCUT2D eigenvalue weighted by atomic mass is 10.1. The summed E-state index contributed by atoms with van der Waals surface area (Å²) in [6.07, 6.45) is 3.42. The predicted molar refractivity (Wildman–Crippen MR) is 82.5 cm³/mol. The highest BCUT2D eigenvalue weighted by Crippen LogP contribution is 2.11. The summed E-state index contributed by atoms with van der Waals surface area (Å²) in [6.45, 7) is 8.96. The molecular weight excluding hydrogens is 244 g/mol. The molecule has 0 radical (unpaired) electrons. The Balaban J connectivity index is 2.75. The van der Waals surface area contributed by atoms with Gasteiger partial charge in [0.1, 0.15) is 0 Å². The van der Waals surface area contributed by atoms with Crippen LogP contribution in [0.15, 0.2) is 18.2 Å². The van der Waals surface area contributed by atoms with Crippen molar-refractivity contribution in [1.29, 1.82) is 0 Å². The topological polar surface area (TPSA) is 0 Å². The molecule has 96 valence electrons. The summed E-state index contributed by atoms with van der Waals surface area (Å²) in [5.41, 5.74) is 2.94. The third-order valence-corrected chi connectivity index (χ3v) is 5.41. The van der Waals surface area contributed by atoms with Gasteiger partial charge in [0.15, 0.2) is 0 Å². The minimum atomic E-state index is -0.326. The Labute approximate surface area is 114 Å². The molecule has 0 aromatic heterocycles. The van der Waals surface area contributed by atoms with Crippen LogP contribution in [0.5, 0.6) is 0 Å². The van der Waals surface area contributed by atoms with Gasteiger partial charge in [0.2, 0.25) is 0 Å². The van der Waals surface area contributed by atoms with Gasteiger partial charge < -0.3 is 0 Å². The van der Waals surface area contributed by atoms with Crippen molar-refractivity contribution in [2.75, 3.05) is 0 Å². The molecule has 0 saturated carbocycles. The fourth-order valence-electron chi connectivity index (χ4n) is 2.22. The van der Waals surface area contributed by atoms with Gasteiger partial charge in [0.05, 0.1) is 9.52 Å². The van der Waals surface area contributed by atoms with Crippen LogP contribution >= 0.6 is 11.6 Å². The van der Waals surface area contributed by atoms with Crippen molar-refractivity contribution in [1.82, 2.24) is 0 Å². The first-order valence-electron chi connectivity index (χ1n) is 6.80. The molecule has 0 amide bonds. The monoisotopic (exact) mass is 268 g/mol. The highest BCUT2D eigenvalue weighted by atomic mass is 35.5. The average molecular weight is 269 g/mol. The molecule has 1 unspecified atom stereocenters. The van der Waals surface area contributed by atoms with Gasteiger partial charge in [0.25, 0.3) is 0 Å². The summed E-state index contributed by atoms with van der Waals surface area (Å²) in [7, 11) is -0.326. The maximum absolute atomic E-state index is 6.46. The third kappa shape index (κ3) is 5.26. The number of aryl methyl sites for hydroxylation is 2. The molecule has 1 atom stereocenters. The highest BCUT2D eigenvalue weighted by Gasteiger charge is 2.10. The Bertz CT molecular complexity index is 325. The molecule has 0 spiro atoms. The second-order valence-electron chi connectivity index (χ2n) is 5.30. The zero-order valence-corrected chi connectivity index (χ0v) is 13.8. The number of hydrogen-bond acceptors (Lipinski definition) is 0. The largest absolute Gasteiger partial charge is 0.127 e. The number of hydrogen-bond donors (Lipinski definition) is 0. The molecule has 1 aromatic rings. The quantitative estimate of drug-likeness (QED) is 0.549. The van der Waals surface area contributed by atoms with E-state index in [9.17, 15) is 0 Å². The van der Waals surface area contributed by atoms with E-state index in [4.69, 9.17) is 11.6 Å². The van der Waals surface area contributed by atoms with E-state index in [-0.39, 0.29) is 9.52 Å². The van der Waals surface area contributed by atoms with Crippen molar-refractivity contribution in [3.8, 4) is 0 Å². The van der Waals surface area contributed by atoms with E-state index in [1.165, 1.54) is 11.1 Å². The molecule has 0 bridgehead atoms. The van der Waals surface area contributed by atoms with Crippen LogP contribution in [0, 0.1) is 5.92 Å². The molecule has 1 aromatic carbocycles. The maximum atomic E-state index is 6.46. The van der Waals surface area contributed by atoms with E-state index in [0.717, 1.165) is 19.3 Å². The molecular formula is C15H25ClSi. The minimum absolute atomic E-state index is 0.326. The normalized spacial score (nSPS) is 13.8. The molecule has 0 aliphatic rings. The Kier molecular flexibility index (Phi) is 6.28. The smallest absolute Gasteiger partial charge is 0.0753 e. The highest BCUT2D eigenvalue weighted by molar-refractivity contribution is 6.64. The van der Waals surface area contributed by atoms with Gasteiger partial charge in [-0.15, -0.1) is 11.6 Å². The summed E-state index contributed by atoms with van der Waals surface area (Å²) in [4.78, 5) is 0. The van der Waals surface area contributed by atoms with Gasteiger partial charge >= 0.3 is 0 Å². The number of benzene rings is 1. The summed E-state index contributed by atoms with van der Waals surface area (Å²) < 4.78 is 0. The Morgan fingerprint density at radius 3 is 2.00 bits per heavy atom. The van der Waals surface area contributed by atoms with Crippen LogP contribution in [0.1, 0.15) is 45.2 Å². The van der Waals surface area contributed by atoms with E-state index in [2.05, 4.69) is 45.9 Å². The van der Waals surface area contributed by atoms with Crippen LogP contribution in [0.2, 0.25) is 0 Å². The van der Waals surface area contributed by atoms with Gasteiger partial charge in [-0.2, -0.15) is 0 Å². The fourth-order valence-corrected chi connectivity index (χ4v) is 5.21. The van der Waals surface area contributed by atoms with Crippen LogP contribution in [0.3, 0.4) is 0 Å². The van der Waals surface area contributed by atoms with Crippen molar-refractivity contribution in [3.63, 3.8) is 0 Å². The second-order valence-corrected chi connectivity index (χ2v) is 8.64. The van der Waals surface area contributed by atoms with E-state index in [0.29, 0.717) is 10.9 Å².